The standard InChI is InChI=1S/C23H27BrN4O2/c1-16(2)12-13-30-21-10-8-20(9-11-21)25-23(29)14-22-17(3)28(27-26-22)15-18-4-6-19(24)7-5-18/h4-11,16H,12-15H2,1-3H3,(H,25,29). The molecule has 0 unspecified atom stereocenters. The van der Waals surface area contributed by atoms with Crippen LogP contribution in [0.2, 0.25) is 0 Å². The second kappa shape index (κ2) is 10.4. The Kier molecular flexibility index (Phi) is 7.63. The number of amides is 1. The Balaban J connectivity index is 1.53. The van der Waals surface area contributed by atoms with Crippen molar-refractivity contribution in [2.75, 3.05) is 11.9 Å². The van der Waals surface area contributed by atoms with E-state index in [1.165, 1.54) is 0 Å². The summed E-state index contributed by atoms with van der Waals surface area (Å²) in [5, 5.41) is 11.3. The highest BCUT2D eigenvalue weighted by molar-refractivity contribution is 9.10. The van der Waals surface area contributed by atoms with Crippen LogP contribution in [0, 0.1) is 12.8 Å². The van der Waals surface area contributed by atoms with Gasteiger partial charge in [0.25, 0.3) is 0 Å². The number of hydrogen-bond donors (Lipinski definition) is 1. The van der Waals surface area contributed by atoms with E-state index in [0.29, 0.717) is 24.8 Å². The number of ether oxygens (including phenoxy) is 1. The first kappa shape index (κ1) is 22.0. The number of rotatable bonds is 9. The molecule has 0 fully saturated rings. The smallest absolute Gasteiger partial charge is 0.230 e. The molecule has 1 N–H and O–H groups in total. The molecule has 0 atom stereocenters. The zero-order valence-corrected chi connectivity index (χ0v) is 19.1. The maximum atomic E-state index is 12.4. The summed E-state index contributed by atoms with van der Waals surface area (Å²) in [5.74, 6) is 1.29. The van der Waals surface area contributed by atoms with Gasteiger partial charge in [-0.1, -0.05) is 47.1 Å². The topological polar surface area (TPSA) is 69.0 Å². The lowest BCUT2D eigenvalue weighted by atomic mass is 10.1. The number of hydrogen-bond acceptors (Lipinski definition) is 4. The lowest BCUT2D eigenvalue weighted by Gasteiger charge is -2.09. The molecule has 2 aromatic carbocycles. The predicted octanol–water partition coefficient (Wildman–Crippen LogP) is 5.00. The molecular formula is C23H27BrN4O2. The summed E-state index contributed by atoms with van der Waals surface area (Å²) in [6.45, 7) is 7.58. The molecule has 1 aromatic heterocycles. The van der Waals surface area contributed by atoms with Crippen LogP contribution in [0.1, 0.15) is 37.2 Å². The Hall–Kier alpha value is -2.67. The molecule has 0 aliphatic heterocycles. The molecule has 7 heteroatoms. The van der Waals surface area contributed by atoms with Crippen LogP contribution in [0.3, 0.4) is 0 Å². The van der Waals surface area contributed by atoms with Crippen LogP contribution >= 0.6 is 15.9 Å². The third-order valence-corrected chi connectivity index (χ3v) is 5.28. The summed E-state index contributed by atoms with van der Waals surface area (Å²) in [6, 6.07) is 15.5. The molecule has 0 radical (unpaired) electrons. The fourth-order valence-corrected chi connectivity index (χ4v) is 3.14. The number of anilines is 1. The number of carbonyl (C=O) groups is 1. The van der Waals surface area contributed by atoms with Crippen molar-refractivity contribution in [3.8, 4) is 5.75 Å². The maximum Gasteiger partial charge on any atom is 0.230 e. The maximum absolute atomic E-state index is 12.4. The van der Waals surface area contributed by atoms with Gasteiger partial charge in [0.15, 0.2) is 0 Å². The number of benzene rings is 2. The number of halogens is 1. The summed E-state index contributed by atoms with van der Waals surface area (Å²) in [6.07, 6.45) is 1.19. The van der Waals surface area contributed by atoms with E-state index in [9.17, 15) is 4.79 Å². The molecule has 0 aliphatic rings. The Morgan fingerprint density at radius 1 is 1.13 bits per heavy atom. The lowest BCUT2D eigenvalue weighted by Crippen LogP contribution is -2.15. The van der Waals surface area contributed by atoms with Gasteiger partial charge in [0, 0.05) is 10.2 Å². The van der Waals surface area contributed by atoms with Crippen molar-refractivity contribution in [1.82, 2.24) is 15.0 Å². The number of nitrogens with zero attached hydrogens (tertiary/aromatic N) is 3. The second-order valence-electron chi connectivity index (χ2n) is 7.69. The van der Waals surface area contributed by atoms with Gasteiger partial charge >= 0.3 is 0 Å². The van der Waals surface area contributed by atoms with Gasteiger partial charge in [-0.15, -0.1) is 5.10 Å². The Morgan fingerprint density at radius 2 is 1.83 bits per heavy atom. The first-order valence-electron chi connectivity index (χ1n) is 10.1. The largest absolute Gasteiger partial charge is 0.494 e. The zero-order chi connectivity index (χ0) is 21.5. The molecular weight excluding hydrogens is 444 g/mol. The minimum atomic E-state index is -0.123. The summed E-state index contributed by atoms with van der Waals surface area (Å²) in [7, 11) is 0. The van der Waals surface area contributed by atoms with Crippen LogP contribution in [0.5, 0.6) is 5.75 Å². The highest BCUT2D eigenvalue weighted by Crippen LogP contribution is 2.17. The molecule has 0 spiro atoms. The third-order valence-electron chi connectivity index (χ3n) is 4.75. The van der Waals surface area contributed by atoms with Gasteiger partial charge in [0.05, 0.1) is 31.0 Å². The van der Waals surface area contributed by atoms with Gasteiger partial charge in [-0.3, -0.25) is 4.79 Å². The molecule has 0 saturated carbocycles. The van der Waals surface area contributed by atoms with Crippen molar-refractivity contribution < 1.29 is 9.53 Å². The van der Waals surface area contributed by atoms with E-state index in [-0.39, 0.29) is 12.3 Å². The third kappa shape index (κ3) is 6.42. The van der Waals surface area contributed by atoms with Crippen LogP contribution in [-0.2, 0) is 17.8 Å². The Morgan fingerprint density at radius 3 is 2.50 bits per heavy atom. The molecule has 3 rings (SSSR count). The molecule has 1 amide bonds. The average Bonchev–Trinajstić information content (AvgIpc) is 3.04. The number of aromatic nitrogens is 3. The second-order valence-corrected chi connectivity index (χ2v) is 8.60. The van der Waals surface area contributed by atoms with E-state index >= 15 is 0 Å². The average molecular weight is 471 g/mol. The van der Waals surface area contributed by atoms with Crippen LogP contribution in [-0.4, -0.2) is 27.5 Å². The Bertz CT molecular complexity index is 966. The van der Waals surface area contributed by atoms with Crippen molar-refractivity contribution in [2.45, 2.75) is 40.2 Å². The van der Waals surface area contributed by atoms with E-state index in [1.54, 1.807) is 0 Å². The molecule has 1 heterocycles. The van der Waals surface area contributed by atoms with Gasteiger partial charge < -0.3 is 10.1 Å². The SMILES string of the molecule is Cc1c(CC(=O)Nc2ccc(OCCC(C)C)cc2)nnn1Cc1ccc(Br)cc1. The van der Waals surface area contributed by atoms with Gasteiger partial charge in [-0.25, -0.2) is 4.68 Å². The minimum Gasteiger partial charge on any atom is -0.494 e. The van der Waals surface area contributed by atoms with Crippen LogP contribution in [0.4, 0.5) is 5.69 Å². The highest BCUT2D eigenvalue weighted by Gasteiger charge is 2.13. The highest BCUT2D eigenvalue weighted by atomic mass is 79.9. The predicted molar refractivity (Wildman–Crippen MR) is 122 cm³/mol. The lowest BCUT2D eigenvalue weighted by molar-refractivity contribution is -0.115. The van der Waals surface area contributed by atoms with Gasteiger partial charge in [-0.05, 0) is 61.2 Å². The van der Waals surface area contributed by atoms with Crippen molar-refractivity contribution in [3.05, 3.63) is 70.0 Å². The summed E-state index contributed by atoms with van der Waals surface area (Å²) >= 11 is 3.44. The van der Waals surface area contributed by atoms with E-state index < -0.39 is 0 Å². The summed E-state index contributed by atoms with van der Waals surface area (Å²) < 4.78 is 8.56. The Labute approximate surface area is 185 Å². The van der Waals surface area contributed by atoms with Crippen LogP contribution < -0.4 is 10.1 Å². The van der Waals surface area contributed by atoms with E-state index in [0.717, 1.165) is 33.6 Å². The number of carbonyl (C=O) groups excluding carboxylic acids is 1. The monoisotopic (exact) mass is 470 g/mol. The molecule has 0 bridgehead atoms. The minimum absolute atomic E-state index is 0.123. The van der Waals surface area contributed by atoms with Crippen molar-refractivity contribution in [2.24, 2.45) is 5.92 Å². The number of nitrogens with one attached hydrogen (secondary N) is 1. The van der Waals surface area contributed by atoms with E-state index in [4.69, 9.17) is 4.74 Å². The van der Waals surface area contributed by atoms with Crippen LogP contribution in [0.15, 0.2) is 53.0 Å². The molecule has 158 valence electrons. The van der Waals surface area contributed by atoms with Gasteiger partial charge in [0.2, 0.25) is 5.91 Å². The fraction of sp³-hybridized carbons (Fsp3) is 0.348. The van der Waals surface area contributed by atoms with Gasteiger partial charge in [0.1, 0.15) is 5.75 Å². The van der Waals surface area contributed by atoms with Gasteiger partial charge in [-0.2, -0.15) is 0 Å². The summed E-state index contributed by atoms with van der Waals surface area (Å²) in [4.78, 5) is 12.4. The van der Waals surface area contributed by atoms with Crippen LogP contribution in [0.25, 0.3) is 0 Å². The first-order chi connectivity index (χ1) is 14.4. The molecule has 30 heavy (non-hydrogen) atoms. The molecule has 3 aromatic rings. The normalized spacial score (nSPS) is 11.0. The fourth-order valence-electron chi connectivity index (χ4n) is 2.88. The molecule has 0 saturated heterocycles. The molecule has 0 aliphatic carbocycles. The van der Waals surface area contributed by atoms with Crippen molar-refractivity contribution >= 4 is 27.5 Å². The quantitative estimate of drug-likeness (QED) is 0.477. The van der Waals surface area contributed by atoms with E-state index in [2.05, 4.69) is 45.4 Å². The van der Waals surface area contributed by atoms with Crippen molar-refractivity contribution in [3.63, 3.8) is 0 Å². The first-order valence-corrected chi connectivity index (χ1v) is 10.9. The zero-order valence-electron chi connectivity index (χ0n) is 17.6. The van der Waals surface area contributed by atoms with Crippen molar-refractivity contribution in [1.29, 1.82) is 0 Å². The molecule has 6 nitrogen and oxygen atoms in total. The van der Waals surface area contributed by atoms with E-state index in [1.807, 2.05) is 60.1 Å². The summed E-state index contributed by atoms with van der Waals surface area (Å²) in [5.41, 5.74) is 3.43.